The van der Waals surface area contributed by atoms with Crippen LogP contribution in [0.15, 0.2) is 103 Å². The normalized spacial score (nSPS) is 14.4. The summed E-state index contributed by atoms with van der Waals surface area (Å²) in [6.45, 7) is 4.55. The molecule has 41 heavy (non-hydrogen) atoms. The van der Waals surface area contributed by atoms with E-state index in [-0.39, 0.29) is 23.4 Å². The maximum Gasteiger partial charge on any atom is 0.227 e. The van der Waals surface area contributed by atoms with Crippen LogP contribution in [0.25, 0.3) is 11.1 Å². The van der Waals surface area contributed by atoms with Crippen molar-refractivity contribution in [3.8, 4) is 11.1 Å². The smallest absolute Gasteiger partial charge is 0.227 e. The largest absolute Gasteiger partial charge is 0.372 e. The molecule has 1 atom stereocenters. The van der Waals surface area contributed by atoms with Crippen molar-refractivity contribution >= 4 is 17.4 Å². The number of nitrogens with zero attached hydrogens (tertiary/aromatic N) is 1. The lowest BCUT2D eigenvalue weighted by atomic mass is 9.79. The van der Waals surface area contributed by atoms with Crippen LogP contribution < -0.4 is 10.2 Å². The van der Waals surface area contributed by atoms with Crippen LogP contribution in [0.5, 0.6) is 0 Å². The SMILES string of the molecule is CCCNC(=O)C(c1ccccc1)C1CCN(c2ccc(CC(=O)c3ccccc3-c3ccc(F)cc3)cc2)CC1. The number of halogens is 1. The fourth-order valence-electron chi connectivity index (χ4n) is 5.86. The molecule has 0 aromatic heterocycles. The zero-order valence-electron chi connectivity index (χ0n) is 23.6. The first-order chi connectivity index (χ1) is 20.0. The van der Waals surface area contributed by atoms with E-state index in [9.17, 15) is 14.0 Å². The molecule has 1 heterocycles. The van der Waals surface area contributed by atoms with Gasteiger partial charge in [0.1, 0.15) is 5.82 Å². The summed E-state index contributed by atoms with van der Waals surface area (Å²) in [7, 11) is 0. The van der Waals surface area contributed by atoms with Gasteiger partial charge in [-0.1, -0.05) is 85.8 Å². The molecule has 0 spiro atoms. The van der Waals surface area contributed by atoms with E-state index in [0.29, 0.717) is 24.4 Å². The molecule has 1 amide bonds. The minimum absolute atomic E-state index is 0.0341. The van der Waals surface area contributed by atoms with Gasteiger partial charge in [0.2, 0.25) is 5.91 Å². The maximum absolute atomic E-state index is 13.4. The van der Waals surface area contributed by atoms with Crippen LogP contribution in [0.1, 0.15) is 53.6 Å². The first-order valence-electron chi connectivity index (χ1n) is 14.6. The Kier molecular flexibility index (Phi) is 9.25. The van der Waals surface area contributed by atoms with Crippen LogP contribution in [0, 0.1) is 11.7 Å². The Balaban J connectivity index is 1.22. The van der Waals surface area contributed by atoms with Crippen LogP contribution in [0.2, 0.25) is 0 Å². The maximum atomic E-state index is 13.4. The molecule has 0 bridgehead atoms. The van der Waals surface area contributed by atoms with Crippen molar-refractivity contribution in [1.82, 2.24) is 5.32 Å². The molecular formula is C36H37FN2O2. The monoisotopic (exact) mass is 548 g/mol. The standard InChI is InChI=1S/C36H37FN2O2/c1-2-22-38-36(41)35(28-8-4-3-5-9-28)29-20-23-39(24-21-29)31-18-12-26(13-19-31)25-34(40)33-11-7-6-10-32(33)27-14-16-30(37)17-15-27/h3-19,29,35H,2,20-25H2,1H3,(H,38,41). The third-order valence-corrected chi connectivity index (χ3v) is 8.05. The van der Waals surface area contributed by atoms with Crippen LogP contribution in [0.3, 0.4) is 0 Å². The Morgan fingerprint density at radius 3 is 2.20 bits per heavy atom. The van der Waals surface area contributed by atoms with Crippen molar-refractivity contribution in [3.63, 3.8) is 0 Å². The number of rotatable bonds is 10. The van der Waals surface area contributed by atoms with Gasteiger partial charge in [0.05, 0.1) is 5.92 Å². The first-order valence-corrected chi connectivity index (χ1v) is 14.6. The molecule has 4 aromatic rings. The van der Waals surface area contributed by atoms with Crippen molar-refractivity contribution < 1.29 is 14.0 Å². The number of piperidine rings is 1. The van der Waals surface area contributed by atoms with Crippen LogP contribution in [0.4, 0.5) is 10.1 Å². The molecule has 1 N–H and O–H groups in total. The van der Waals surface area contributed by atoms with Gasteiger partial charge >= 0.3 is 0 Å². The minimum Gasteiger partial charge on any atom is -0.372 e. The molecule has 5 rings (SSSR count). The predicted octanol–water partition coefficient (Wildman–Crippen LogP) is 7.44. The van der Waals surface area contributed by atoms with Crippen molar-refractivity contribution in [2.75, 3.05) is 24.5 Å². The molecule has 1 aliphatic heterocycles. The van der Waals surface area contributed by atoms with Crippen LogP contribution in [-0.4, -0.2) is 31.3 Å². The van der Waals surface area contributed by atoms with Crippen molar-refractivity contribution in [2.45, 2.75) is 38.5 Å². The number of carbonyl (C=O) groups excluding carboxylic acids is 2. The van der Waals surface area contributed by atoms with E-state index in [1.807, 2.05) is 54.6 Å². The highest BCUT2D eigenvalue weighted by Crippen LogP contribution is 2.35. The molecule has 4 nitrogen and oxygen atoms in total. The van der Waals surface area contributed by atoms with Gasteiger partial charge in [-0.2, -0.15) is 0 Å². The Morgan fingerprint density at radius 1 is 0.854 bits per heavy atom. The Labute approximate surface area is 242 Å². The summed E-state index contributed by atoms with van der Waals surface area (Å²) < 4.78 is 13.4. The second-order valence-corrected chi connectivity index (χ2v) is 10.8. The third-order valence-electron chi connectivity index (χ3n) is 8.05. The molecule has 0 aliphatic carbocycles. The molecule has 4 aromatic carbocycles. The number of Topliss-reactive ketones (excluding diaryl/α,β-unsaturated/α-hetero) is 1. The zero-order chi connectivity index (χ0) is 28.6. The van der Waals surface area contributed by atoms with Gasteiger partial charge in [0, 0.05) is 37.3 Å². The topological polar surface area (TPSA) is 49.4 Å². The van der Waals surface area contributed by atoms with E-state index in [2.05, 4.69) is 41.4 Å². The second kappa shape index (κ2) is 13.4. The van der Waals surface area contributed by atoms with E-state index in [1.165, 1.54) is 12.1 Å². The molecule has 1 saturated heterocycles. The number of ketones is 1. The fraction of sp³-hybridized carbons (Fsp3) is 0.278. The quantitative estimate of drug-likeness (QED) is 0.210. The number of carbonyl (C=O) groups is 2. The molecular weight excluding hydrogens is 511 g/mol. The molecule has 1 unspecified atom stereocenters. The van der Waals surface area contributed by atoms with Gasteiger partial charge in [0.15, 0.2) is 5.78 Å². The number of amides is 1. The molecule has 210 valence electrons. The zero-order valence-corrected chi connectivity index (χ0v) is 23.6. The number of benzene rings is 4. The van der Waals surface area contributed by atoms with E-state index in [1.54, 1.807) is 12.1 Å². The van der Waals surface area contributed by atoms with Gasteiger partial charge < -0.3 is 10.2 Å². The Hall–Kier alpha value is -4.25. The highest BCUT2D eigenvalue weighted by atomic mass is 19.1. The Morgan fingerprint density at radius 2 is 1.51 bits per heavy atom. The molecule has 1 fully saturated rings. The fourth-order valence-corrected chi connectivity index (χ4v) is 5.86. The van der Waals surface area contributed by atoms with Crippen molar-refractivity contribution in [1.29, 1.82) is 0 Å². The average molecular weight is 549 g/mol. The van der Waals surface area contributed by atoms with Crippen LogP contribution >= 0.6 is 0 Å². The van der Waals surface area contributed by atoms with Crippen molar-refractivity contribution in [2.24, 2.45) is 5.92 Å². The summed E-state index contributed by atoms with van der Waals surface area (Å²) in [5.41, 5.74) is 5.47. The predicted molar refractivity (Wildman–Crippen MR) is 164 cm³/mol. The molecule has 0 saturated carbocycles. The Bertz CT molecular complexity index is 1440. The summed E-state index contributed by atoms with van der Waals surface area (Å²) >= 11 is 0. The summed E-state index contributed by atoms with van der Waals surface area (Å²) in [5, 5.41) is 3.12. The summed E-state index contributed by atoms with van der Waals surface area (Å²) in [6.07, 6.45) is 3.11. The van der Waals surface area contributed by atoms with E-state index >= 15 is 0 Å². The van der Waals surface area contributed by atoms with E-state index < -0.39 is 0 Å². The third kappa shape index (κ3) is 6.91. The molecule has 5 heteroatoms. The number of hydrogen-bond donors (Lipinski definition) is 1. The van der Waals surface area contributed by atoms with Crippen molar-refractivity contribution in [3.05, 3.63) is 126 Å². The van der Waals surface area contributed by atoms with E-state index in [4.69, 9.17) is 0 Å². The highest BCUT2D eigenvalue weighted by Gasteiger charge is 2.32. The lowest BCUT2D eigenvalue weighted by molar-refractivity contribution is -0.124. The summed E-state index contributed by atoms with van der Waals surface area (Å²) in [4.78, 5) is 28.8. The first kappa shape index (κ1) is 28.3. The average Bonchev–Trinajstić information content (AvgIpc) is 3.02. The second-order valence-electron chi connectivity index (χ2n) is 10.8. The summed E-state index contributed by atoms with van der Waals surface area (Å²) in [6, 6.07) is 32.2. The van der Waals surface area contributed by atoms with E-state index in [0.717, 1.165) is 60.3 Å². The highest BCUT2D eigenvalue weighted by molar-refractivity contribution is 6.03. The van der Waals surface area contributed by atoms with Gasteiger partial charge in [-0.3, -0.25) is 9.59 Å². The number of anilines is 1. The van der Waals surface area contributed by atoms with Crippen LogP contribution in [-0.2, 0) is 11.2 Å². The van der Waals surface area contributed by atoms with Gasteiger partial charge in [-0.25, -0.2) is 4.39 Å². The number of nitrogens with one attached hydrogen (secondary N) is 1. The van der Waals surface area contributed by atoms with Gasteiger partial charge in [0.25, 0.3) is 0 Å². The molecule has 0 radical (unpaired) electrons. The lowest BCUT2D eigenvalue weighted by Gasteiger charge is -2.37. The van der Waals surface area contributed by atoms with Gasteiger partial charge in [-0.05, 0) is 71.7 Å². The summed E-state index contributed by atoms with van der Waals surface area (Å²) in [5.74, 6) is 0.0355. The molecule has 1 aliphatic rings. The van der Waals surface area contributed by atoms with Gasteiger partial charge in [-0.15, -0.1) is 0 Å². The number of hydrogen-bond acceptors (Lipinski definition) is 3. The lowest BCUT2D eigenvalue weighted by Crippen LogP contribution is -2.40. The minimum atomic E-state index is -0.296.